The summed E-state index contributed by atoms with van der Waals surface area (Å²) in [6.07, 6.45) is 2.50. The number of rotatable bonds is 2. The molecule has 0 atom stereocenters. The molecule has 0 fully saturated rings. The molecule has 102 valence electrons. The molecular weight excluding hydrogens is 269 g/mol. The summed E-state index contributed by atoms with van der Waals surface area (Å²) in [5, 5.41) is 3.92. The van der Waals surface area contributed by atoms with Crippen molar-refractivity contribution in [1.29, 1.82) is 0 Å². The number of aryl methyl sites for hydroxylation is 2. The molecule has 19 heavy (non-hydrogen) atoms. The molecule has 1 aromatic heterocycles. The van der Waals surface area contributed by atoms with Crippen LogP contribution in [0.4, 0.5) is 10.2 Å². The molecule has 0 saturated carbocycles. The van der Waals surface area contributed by atoms with Crippen molar-refractivity contribution < 1.29 is 12.8 Å². The molecule has 0 saturated heterocycles. The van der Waals surface area contributed by atoms with Gasteiger partial charge in [0.2, 0.25) is 0 Å². The van der Waals surface area contributed by atoms with Crippen molar-refractivity contribution in [2.45, 2.75) is 11.8 Å². The standard InChI is InChI=1S/C12H14FN3O2S/c1-7-4-10(13)8(5-11(7)19(3,17)18)9-6-15-16(2)12(9)14/h4-6H,14H2,1-3H3. The highest BCUT2D eigenvalue weighted by molar-refractivity contribution is 7.90. The predicted molar refractivity (Wildman–Crippen MR) is 70.9 cm³/mol. The Labute approximate surface area is 110 Å². The molecule has 0 bridgehead atoms. The van der Waals surface area contributed by atoms with Gasteiger partial charge in [-0.3, -0.25) is 4.68 Å². The molecule has 0 amide bonds. The molecule has 1 heterocycles. The molecule has 5 nitrogen and oxygen atoms in total. The Morgan fingerprint density at radius 3 is 2.42 bits per heavy atom. The number of hydrogen-bond acceptors (Lipinski definition) is 4. The van der Waals surface area contributed by atoms with E-state index in [1.165, 1.54) is 23.0 Å². The van der Waals surface area contributed by atoms with Crippen LogP contribution in [0.15, 0.2) is 23.2 Å². The fourth-order valence-electron chi connectivity index (χ4n) is 1.91. The summed E-state index contributed by atoms with van der Waals surface area (Å²) in [6.45, 7) is 1.55. The average Bonchev–Trinajstić information content (AvgIpc) is 2.59. The second-order valence-electron chi connectivity index (χ2n) is 4.44. The van der Waals surface area contributed by atoms with Crippen LogP contribution >= 0.6 is 0 Å². The number of nitrogens with zero attached hydrogens (tertiary/aromatic N) is 2. The lowest BCUT2D eigenvalue weighted by atomic mass is 10.1. The lowest BCUT2D eigenvalue weighted by molar-refractivity contribution is 0.599. The zero-order chi connectivity index (χ0) is 14.4. The molecule has 0 spiro atoms. The van der Waals surface area contributed by atoms with Gasteiger partial charge in [0.1, 0.15) is 11.6 Å². The van der Waals surface area contributed by atoms with Crippen LogP contribution in [0.5, 0.6) is 0 Å². The van der Waals surface area contributed by atoms with Crippen LogP contribution in [-0.2, 0) is 16.9 Å². The van der Waals surface area contributed by atoms with Crippen molar-refractivity contribution in [3.8, 4) is 11.1 Å². The van der Waals surface area contributed by atoms with Crippen molar-refractivity contribution in [3.05, 3.63) is 29.7 Å². The van der Waals surface area contributed by atoms with Gasteiger partial charge in [0.15, 0.2) is 9.84 Å². The minimum Gasteiger partial charge on any atom is -0.383 e. The summed E-state index contributed by atoms with van der Waals surface area (Å²) in [5.74, 6) is -0.244. The number of halogens is 1. The number of anilines is 1. The number of benzene rings is 1. The maximum Gasteiger partial charge on any atom is 0.175 e. The number of sulfone groups is 1. The van der Waals surface area contributed by atoms with Crippen LogP contribution < -0.4 is 5.73 Å². The van der Waals surface area contributed by atoms with E-state index in [2.05, 4.69) is 5.10 Å². The topological polar surface area (TPSA) is 78.0 Å². The zero-order valence-electron chi connectivity index (χ0n) is 10.8. The zero-order valence-corrected chi connectivity index (χ0v) is 11.6. The molecule has 0 aliphatic rings. The summed E-state index contributed by atoms with van der Waals surface area (Å²) in [6, 6.07) is 2.49. The Balaban J connectivity index is 2.75. The van der Waals surface area contributed by atoms with E-state index in [1.54, 1.807) is 14.0 Å². The third-order valence-corrected chi connectivity index (χ3v) is 4.18. The van der Waals surface area contributed by atoms with Gasteiger partial charge in [-0.15, -0.1) is 0 Å². The van der Waals surface area contributed by atoms with E-state index in [4.69, 9.17) is 5.73 Å². The van der Waals surface area contributed by atoms with Gasteiger partial charge in [-0.05, 0) is 24.6 Å². The molecular formula is C12H14FN3O2S. The Bertz CT molecular complexity index is 751. The maximum atomic E-state index is 14.0. The monoisotopic (exact) mass is 283 g/mol. The Morgan fingerprint density at radius 2 is 1.95 bits per heavy atom. The number of nitrogens with two attached hydrogens (primary N) is 1. The van der Waals surface area contributed by atoms with Crippen LogP contribution in [-0.4, -0.2) is 24.5 Å². The van der Waals surface area contributed by atoms with Crippen LogP contribution in [0.1, 0.15) is 5.56 Å². The molecule has 1 aromatic carbocycles. The first-order valence-corrected chi connectivity index (χ1v) is 7.39. The van der Waals surface area contributed by atoms with Gasteiger partial charge in [-0.25, -0.2) is 12.8 Å². The largest absolute Gasteiger partial charge is 0.383 e. The lowest BCUT2D eigenvalue weighted by Crippen LogP contribution is -2.03. The molecule has 0 radical (unpaired) electrons. The van der Waals surface area contributed by atoms with Gasteiger partial charge in [0.25, 0.3) is 0 Å². The van der Waals surface area contributed by atoms with Gasteiger partial charge >= 0.3 is 0 Å². The van der Waals surface area contributed by atoms with Gasteiger partial charge in [-0.2, -0.15) is 5.10 Å². The SMILES string of the molecule is Cc1cc(F)c(-c2cnn(C)c2N)cc1S(C)(=O)=O. The molecule has 0 unspecified atom stereocenters. The predicted octanol–water partition coefficient (Wildman–Crippen LogP) is 1.52. The van der Waals surface area contributed by atoms with Crippen LogP contribution in [0.3, 0.4) is 0 Å². The molecule has 0 aliphatic carbocycles. The van der Waals surface area contributed by atoms with Crippen LogP contribution in [0.2, 0.25) is 0 Å². The van der Waals surface area contributed by atoms with E-state index >= 15 is 0 Å². The first-order chi connectivity index (χ1) is 8.71. The number of aromatic nitrogens is 2. The minimum atomic E-state index is -3.42. The van der Waals surface area contributed by atoms with E-state index in [9.17, 15) is 12.8 Å². The summed E-state index contributed by atoms with van der Waals surface area (Å²) < 4.78 is 38.7. The van der Waals surface area contributed by atoms with Crippen molar-refractivity contribution in [2.24, 2.45) is 7.05 Å². The normalized spacial score (nSPS) is 11.8. The van der Waals surface area contributed by atoms with Gasteiger partial charge in [-0.1, -0.05) is 0 Å². The molecule has 2 N–H and O–H groups in total. The van der Waals surface area contributed by atoms with Gasteiger partial charge in [0.05, 0.1) is 11.1 Å². The van der Waals surface area contributed by atoms with E-state index in [-0.39, 0.29) is 16.3 Å². The highest BCUT2D eigenvalue weighted by Crippen LogP contribution is 2.31. The van der Waals surface area contributed by atoms with E-state index < -0.39 is 15.7 Å². The van der Waals surface area contributed by atoms with E-state index in [1.807, 2.05) is 0 Å². The molecule has 7 heteroatoms. The minimum absolute atomic E-state index is 0.0900. The van der Waals surface area contributed by atoms with Crippen LogP contribution in [0, 0.1) is 12.7 Å². The molecule has 0 aliphatic heterocycles. The number of hydrogen-bond donors (Lipinski definition) is 1. The Hall–Kier alpha value is -1.89. The fraction of sp³-hybridized carbons (Fsp3) is 0.250. The second kappa shape index (κ2) is 4.34. The average molecular weight is 283 g/mol. The Kier molecular flexibility index (Phi) is 3.09. The van der Waals surface area contributed by atoms with Crippen LogP contribution in [0.25, 0.3) is 11.1 Å². The van der Waals surface area contributed by atoms with Gasteiger partial charge < -0.3 is 5.73 Å². The van der Waals surface area contributed by atoms with Crippen molar-refractivity contribution >= 4 is 15.7 Å². The quantitative estimate of drug-likeness (QED) is 0.848. The fourth-order valence-corrected chi connectivity index (χ4v) is 2.89. The van der Waals surface area contributed by atoms with E-state index in [0.717, 1.165) is 6.26 Å². The summed E-state index contributed by atoms with van der Waals surface area (Å²) >= 11 is 0. The summed E-state index contributed by atoms with van der Waals surface area (Å²) in [7, 11) is -1.79. The van der Waals surface area contributed by atoms with Crippen molar-refractivity contribution in [2.75, 3.05) is 12.0 Å². The highest BCUT2D eigenvalue weighted by atomic mass is 32.2. The third kappa shape index (κ3) is 2.33. The first-order valence-electron chi connectivity index (χ1n) is 5.50. The lowest BCUT2D eigenvalue weighted by Gasteiger charge is -2.08. The molecule has 2 aromatic rings. The maximum absolute atomic E-state index is 14.0. The molecule has 2 rings (SSSR count). The highest BCUT2D eigenvalue weighted by Gasteiger charge is 2.18. The first kappa shape index (κ1) is 13.5. The smallest absolute Gasteiger partial charge is 0.175 e. The number of nitrogen functional groups attached to an aromatic ring is 1. The van der Waals surface area contributed by atoms with Crippen molar-refractivity contribution in [1.82, 2.24) is 9.78 Å². The second-order valence-corrected chi connectivity index (χ2v) is 6.42. The van der Waals surface area contributed by atoms with Crippen molar-refractivity contribution in [3.63, 3.8) is 0 Å². The Morgan fingerprint density at radius 1 is 1.32 bits per heavy atom. The summed E-state index contributed by atoms with van der Waals surface area (Å²) in [4.78, 5) is 0.0900. The third-order valence-electron chi connectivity index (χ3n) is 2.94. The van der Waals surface area contributed by atoms with Gasteiger partial charge in [0, 0.05) is 24.4 Å². The van der Waals surface area contributed by atoms with E-state index in [0.29, 0.717) is 11.1 Å². The summed E-state index contributed by atoms with van der Waals surface area (Å²) in [5.41, 5.74) is 6.67.